The zero-order valence-electron chi connectivity index (χ0n) is 10.5. The van der Waals surface area contributed by atoms with Crippen molar-refractivity contribution in [3.05, 3.63) is 69.4 Å². The maximum absolute atomic E-state index is 13.9. The standard InChI is InChI=1S/C16H15BrFN/c17-14-5-6-16(18)12(8-14)7-13-10-19-9-11-3-1-2-4-15(11)13/h1-6,8,13,19H,7,9-10H2. The van der Waals surface area contributed by atoms with E-state index < -0.39 is 0 Å². The number of hydrogen-bond donors (Lipinski definition) is 1. The third-order valence-corrected chi connectivity index (χ3v) is 4.17. The first-order valence-corrected chi connectivity index (χ1v) is 7.26. The minimum absolute atomic E-state index is 0.119. The van der Waals surface area contributed by atoms with Gasteiger partial charge >= 0.3 is 0 Å². The third-order valence-electron chi connectivity index (χ3n) is 3.68. The van der Waals surface area contributed by atoms with Gasteiger partial charge in [-0.2, -0.15) is 0 Å². The summed E-state index contributed by atoms with van der Waals surface area (Å²) in [6.07, 6.45) is 0.731. The van der Waals surface area contributed by atoms with Crippen LogP contribution in [0.1, 0.15) is 22.6 Å². The average molecular weight is 320 g/mol. The van der Waals surface area contributed by atoms with Gasteiger partial charge in [-0.25, -0.2) is 4.39 Å². The Bertz CT molecular complexity index is 597. The van der Waals surface area contributed by atoms with Gasteiger partial charge in [0.2, 0.25) is 0 Å². The molecule has 0 spiro atoms. The van der Waals surface area contributed by atoms with Gasteiger partial charge in [-0.3, -0.25) is 0 Å². The molecule has 0 aromatic heterocycles. The Morgan fingerprint density at radius 2 is 2.05 bits per heavy atom. The van der Waals surface area contributed by atoms with Crippen molar-refractivity contribution in [2.45, 2.75) is 18.9 Å². The summed E-state index contributed by atoms with van der Waals surface area (Å²) in [6, 6.07) is 13.6. The smallest absolute Gasteiger partial charge is 0.126 e. The Morgan fingerprint density at radius 3 is 2.95 bits per heavy atom. The lowest BCUT2D eigenvalue weighted by Crippen LogP contribution is -2.29. The molecular weight excluding hydrogens is 305 g/mol. The third kappa shape index (κ3) is 2.72. The predicted octanol–water partition coefficient (Wildman–Crippen LogP) is 4.02. The number of rotatable bonds is 2. The number of hydrogen-bond acceptors (Lipinski definition) is 1. The molecule has 3 heteroatoms. The van der Waals surface area contributed by atoms with Gasteiger partial charge in [0.25, 0.3) is 0 Å². The maximum atomic E-state index is 13.9. The molecule has 2 aromatic carbocycles. The van der Waals surface area contributed by atoms with Gasteiger partial charge in [0.15, 0.2) is 0 Å². The minimum atomic E-state index is -0.119. The topological polar surface area (TPSA) is 12.0 Å². The maximum Gasteiger partial charge on any atom is 0.126 e. The minimum Gasteiger partial charge on any atom is -0.312 e. The van der Waals surface area contributed by atoms with E-state index in [2.05, 4.69) is 45.5 Å². The lowest BCUT2D eigenvalue weighted by atomic mass is 9.86. The first-order valence-electron chi connectivity index (χ1n) is 6.46. The van der Waals surface area contributed by atoms with Crippen molar-refractivity contribution in [1.29, 1.82) is 0 Å². The van der Waals surface area contributed by atoms with Gasteiger partial charge in [0, 0.05) is 23.5 Å². The van der Waals surface area contributed by atoms with Crippen LogP contribution in [0, 0.1) is 5.82 Å². The van der Waals surface area contributed by atoms with Crippen LogP contribution in [0.5, 0.6) is 0 Å². The molecule has 98 valence electrons. The SMILES string of the molecule is Fc1ccc(Br)cc1CC1CNCc2ccccc21. The Balaban J connectivity index is 1.90. The molecule has 0 aliphatic carbocycles. The highest BCUT2D eigenvalue weighted by Gasteiger charge is 2.20. The molecule has 1 atom stereocenters. The van der Waals surface area contributed by atoms with E-state index in [4.69, 9.17) is 0 Å². The van der Waals surface area contributed by atoms with Crippen LogP contribution in [-0.4, -0.2) is 6.54 Å². The van der Waals surface area contributed by atoms with Crippen molar-refractivity contribution in [3.63, 3.8) is 0 Å². The van der Waals surface area contributed by atoms with E-state index in [1.807, 2.05) is 6.07 Å². The molecule has 0 radical (unpaired) electrons. The van der Waals surface area contributed by atoms with E-state index in [1.54, 1.807) is 6.07 Å². The highest BCUT2D eigenvalue weighted by Crippen LogP contribution is 2.28. The van der Waals surface area contributed by atoms with Gasteiger partial charge in [-0.15, -0.1) is 0 Å². The van der Waals surface area contributed by atoms with E-state index in [-0.39, 0.29) is 5.82 Å². The predicted molar refractivity (Wildman–Crippen MR) is 78.7 cm³/mol. The van der Waals surface area contributed by atoms with E-state index >= 15 is 0 Å². The number of benzene rings is 2. The van der Waals surface area contributed by atoms with Crippen molar-refractivity contribution in [2.75, 3.05) is 6.54 Å². The quantitative estimate of drug-likeness (QED) is 0.881. The molecule has 1 nitrogen and oxygen atoms in total. The van der Waals surface area contributed by atoms with Crippen LogP contribution >= 0.6 is 15.9 Å². The summed E-state index contributed by atoms with van der Waals surface area (Å²) in [7, 11) is 0. The molecule has 0 saturated heterocycles. The van der Waals surface area contributed by atoms with Crippen LogP contribution in [0.4, 0.5) is 4.39 Å². The monoisotopic (exact) mass is 319 g/mol. The van der Waals surface area contributed by atoms with E-state index in [1.165, 1.54) is 17.2 Å². The van der Waals surface area contributed by atoms with E-state index in [0.29, 0.717) is 5.92 Å². The first kappa shape index (κ1) is 12.8. The van der Waals surface area contributed by atoms with Crippen molar-refractivity contribution in [2.24, 2.45) is 0 Å². The zero-order chi connectivity index (χ0) is 13.2. The van der Waals surface area contributed by atoms with Crippen LogP contribution in [0.25, 0.3) is 0 Å². The molecule has 0 fully saturated rings. The second-order valence-corrected chi connectivity index (χ2v) is 5.88. The normalized spacial score (nSPS) is 18.1. The second kappa shape index (κ2) is 5.43. The lowest BCUT2D eigenvalue weighted by molar-refractivity contribution is 0.524. The summed E-state index contributed by atoms with van der Waals surface area (Å²) >= 11 is 3.41. The average Bonchev–Trinajstić information content (AvgIpc) is 2.43. The van der Waals surface area contributed by atoms with Crippen LogP contribution < -0.4 is 5.32 Å². The molecule has 0 saturated carbocycles. The Labute approximate surface area is 121 Å². The molecule has 1 aliphatic heterocycles. The summed E-state index contributed by atoms with van der Waals surface area (Å²) in [5.74, 6) is 0.222. The van der Waals surface area contributed by atoms with Crippen molar-refractivity contribution in [3.8, 4) is 0 Å². The van der Waals surface area contributed by atoms with Crippen LogP contribution in [0.2, 0.25) is 0 Å². The van der Waals surface area contributed by atoms with Crippen molar-refractivity contribution < 1.29 is 4.39 Å². The van der Waals surface area contributed by atoms with Gasteiger partial charge in [-0.1, -0.05) is 40.2 Å². The number of halogens is 2. The summed E-state index contributed by atoms with van der Waals surface area (Å²) in [4.78, 5) is 0. The summed E-state index contributed by atoms with van der Waals surface area (Å²) in [5.41, 5.74) is 3.45. The first-order chi connectivity index (χ1) is 9.24. The van der Waals surface area contributed by atoms with Gasteiger partial charge < -0.3 is 5.32 Å². The largest absolute Gasteiger partial charge is 0.312 e. The molecule has 19 heavy (non-hydrogen) atoms. The summed E-state index contributed by atoms with van der Waals surface area (Å²) < 4.78 is 14.8. The molecule has 0 amide bonds. The lowest BCUT2D eigenvalue weighted by Gasteiger charge is -2.26. The van der Waals surface area contributed by atoms with Crippen LogP contribution in [-0.2, 0) is 13.0 Å². The molecular formula is C16H15BrFN. The van der Waals surface area contributed by atoms with Crippen molar-refractivity contribution in [1.82, 2.24) is 5.32 Å². The zero-order valence-corrected chi connectivity index (χ0v) is 12.1. The highest BCUT2D eigenvalue weighted by atomic mass is 79.9. The van der Waals surface area contributed by atoms with E-state index in [0.717, 1.165) is 29.5 Å². The number of nitrogens with one attached hydrogen (secondary N) is 1. The summed E-state index contributed by atoms with van der Waals surface area (Å²) in [5, 5.41) is 3.41. The highest BCUT2D eigenvalue weighted by molar-refractivity contribution is 9.10. The van der Waals surface area contributed by atoms with Crippen molar-refractivity contribution >= 4 is 15.9 Å². The Morgan fingerprint density at radius 1 is 1.21 bits per heavy atom. The fourth-order valence-corrected chi connectivity index (χ4v) is 3.14. The molecule has 1 unspecified atom stereocenters. The second-order valence-electron chi connectivity index (χ2n) is 4.97. The van der Waals surface area contributed by atoms with Gasteiger partial charge in [0.05, 0.1) is 0 Å². The van der Waals surface area contributed by atoms with Crippen LogP contribution in [0.15, 0.2) is 46.9 Å². The molecule has 0 bridgehead atoms. The Hall–Kier alpha value is -1.19. The summed E-state index contributed by atoms with van der Waals surface area (Å²) in [6.45, 7) is 1.82. The molecule has 1 N–H and O–H groups in total. The molecule has 1 heterocycles. The Kier molecular flexibility index (Phi) is 3.67. The molecule has 3 rings (SSSR count). The van der Waals surface area contributed by atoms with Gasteiger partial charge in [-0.05, 0) is 41.3 Å². The fourth-order valence-electron chi connectivity index (χ4n) is 2.73. The number of fused-ring (bicyclic) bond motifs is 1. The van der Waals surface area contributed by atoms with Gasteiger partial charge in [0.1, 0.15) is 5.82 Å². The fraction of sp³-hybridized carbons (Fsp3) is 0.250. The molecule has 2 aromatic rings. The van der Waals surface area contributed by atoms with E-state index in [9.17, 15) is 4.39 Å². The van der Waals surface area contributed by atoms with Crippen LogP contribution in [0.3, 0.4) is 0 Å². The molecule has 1 aliphatic rings.